The largest absolute Gasteiger partial charge is 0.483 e. The second-order valence-corrected chi connectivity index (χ2v) is 23.3. The number of benzene rings is 1. The van der Waals surface area contributed by atoms with E-state index in [-0.39, 0.29) is 112 Å². The molecule has 3 fully saturated rings. The van der Waals surface area contributed by atoms with E-state index in [2.05, 4.69) is 52.2 Å². The lowest BCUT2D eigenvalue weighted by atomic mass is 10.0. The van der Waals surface area contributed by atoms with Gasteiger partial charge in [0.25, 0.3) is 17.7 Å². The van der Waals surface area contributed by atoms with Crippen LogP contribution in [0.15, 0.2) is 140 Å². The Hall–Kier alpha value is -7.40. The summed E-state index contributed by atoms with van der Waals surface area (Å²) in [5, 5.41) is 17.6. The van der Waals surface area contributed by atoms with Gasteiger partial charge in [0.2, 0.25) is 16.6 Å². The van der Waals surface area contributed by atoms with Crippen molar-refractivity contribution in [2.24, 2.45) is 0 Å². The summed E-state index contributed by atoms with van der Waals surface area (Å²) < 4.78 is 35.4. The number of carboxylic acids is 1. The molecule has 0 aliphatic carbocycles. The van der Waals surface area contributed by atoms with Crippen LogP contribution in [0.2, 0.25) is 0 Å². The number of aliphatic hydroxyl groups excluding tert-OH is 1. The summed E-state index contributed by atoms with van der Waals surface area (Å²) >= 11 is 9.75. The maximum absolute atomic E-state index is 13.1. The molecule has 7 aliphatic rings. The Balaban J connectivity index is 0.000000132. The molecule has 6 aromatic rings. The van der Waals surface area contributed by atoms with Crippen LogP contribution in [0, 0.1) is 0 Å². The SMILES string of the molecule is C[C@@H]1CCOC2Cn3cc(Br)c(=O)c(Br)c3C(=O)N21.C[C@@H]1CCOC2Cn3cc(Br)c(=O)c(OCc4ccccc4)c3C(=O)N21.C[C@@H]1CCOC2Cn3ccc(=O)cc3C(=O)N21.O=C(O)c1cc(=O)cco1.O=C1CC(O)Cn2ccc(=O)cc21. The number of aromatic carboxylic acids is 1. The number of amides is 3. The minimum atomic E-state index is -1.24. The lowest BCUT2D eigenvalue weighted by Crippen LogP contribution is -2.57. The van der Waals surface area contributed by atoms with Crippen molar-refractivity contribution >= 4 is 77.3 Å². The van der Waals surface area contributed by atoms with Crippen LogP contribution in [0.1, 0.15) is 105 Å². The first-order valence-corrected chi connectivity index (χ1v) is 29.4. The van der Waals surface area contributed by atoms with E-state index in [1.807, 2.05) is 51.1 Å². The van der Waals surface area contributed by atoms with E-state index < -0.39 is 12.1 Å². The average molecular weight is 1360 g/mol. The molecule has 0 saturated carbocycles. The Morgan fingerprint density at radius 3 is 1.61 bits per heavy atom. The monoisotopic (exact) mass is 1360 g/mol. The van der Waals surface area contributed by atoms with Crippen molar-refractivity contribution in [2.75, 3.05) is 19.8 Å². The Morgan fingerprint density at radius 1 is 0.588 bits per heavy atom. The fourth-order valence-corrected chi connectivity index (χ4v) is 12.3. The molecule has 13 rings (SSSR count). The van der Waals surface area contributed by atoms with Crippen LogP contribution in [0.25, 0.3) is 0 Å². The molecule has 3 amide bonds. The molecular weight excluding hydrogens is 1310 g/mol. The van der Waals surface area contributed by atoms with E-state index in [1.165, 1.54) is 30.5 Å². The normalized spacial score (nSPS) is 22.4. The Bertz CT molecular complexity index is 3860. The van der Waals surface area contributed by atoms with Crippen molar-refractivity contribution < 1.29 is 57.6 Å². The van der Waals surface area contributed by atoms with E-state index in [9.17, 15) is 53.1 Å². The summed E-state index contributed by atoms with van der Waals surface area (Å²) in [6.07, 6.45) is 8.74. The maximum atomic E-state index is 13.1. The third kappa shape index (κ3) is 13.8. The van der Waals surface area contributed by atoms with E-state index >= 15 is 0 Å². The zero-order valence-electron chi connectivity index (χ0n) is 46.0. The zero-order valence-corrected chi connectivity index (χ0v) is 50.8. The molecule has 7 atom stereocenters. The smallest absolute Gasteiger partial charge is 0.371 e. The fourth-order valence-electron chi connectivity index (χ4n) is 10.6. The van der Waals surface area contributed by atoms with Gasteiger partial charge in [0.05, 0.1) is 70.9 Å². The molecule has 12 heterocycles. The molecule has 448 valence electrons. The van der Waals surface area contributed by atoms with Gasteiger partial charge in [-0.1, -0.05) is 30.3 Å². The second kappa shape index (κ2) is 26.9. The molecule has 85 heavy (non-hydrogen) atoms. The summed E-state index contributed by atoms with van der Waals surface area (Å²) in [6, 6.07) is 17.6. The predicted octanol–water partition coefficient (Wildman–Crippen LogP) is 5.32. The molecule has 0 radical (unpaired) electrons. The van der Waals surface area contributed by atoms with Gasteiger partial charge in [0.15, 0.2) is 52.2 Å². The summed E-state index contributed by atoms with van der Waals surface area (Å²) in [7, 11) is 0. The van der Waals surface area contributed by atoms with Crippen molar-refractivity contribution in [1.82, 2.24) is 33.0 Å². The average Bonchev–Trinajstić information content (AvgIpc) is 1.65. The molecule has 0 bridgehead atoms. The van der Waals surface area contributed by atoms with Crippen molar-refractivity contribution in [1.29, 1.82) is 0 Å². The summed E-state index contributed by atoms with van der Waals surface area (Å²) in [6.45, 7) is 10.2. The maximum Gasteiger partial charge on any atom is 0.371 e. The molecule has 5 aromatic heterocycles. The summed E-state index contributed by atoms with van der Waals surface area (Å²) in [5.41, 5.74) is 1.30. The number of halogens is 3. The Labute approximate surface area is 509 Å². The second-order valence-electron chi connectivity index (χ2n) is 20.8. The number of carboxylic acid groups (broad SMARTS) is 1. The quantitative estimate of drug-likeness (QED) is 0.226. The lowest BCUT2D eigenvalue weighted by molar-refractivity contribution is -0.112. The third-order valence-corrected chi connectivity index (χ3v) is 16.8. The Kier molecular flexibility index (Phi) is 19.7. The molecule has 27 heteroatoms. The highest BCUT2D eigenvalue weighted by molar-refractivity contribution is 9.11. The first kappa shape index (κ1) is 62.1. The van der Waals surface area contributed by atoms with Gasteiger partial charge >= 0.3 is 5.97 Å². The van der Waals surface area contributed by atoms with Crippen molar-refractivity contribution in [3.05, 3.63) is 196 Å². The van der Waals surface area contributed by atoms with E-state index in [0.717, 1.165) is 43.2 Å². The number of carbonyl (C=O) groups is 5. The van der Waals surface area contributed by atoms with Gasteiger partial charge in [-0.3, -0.25) is 43.2 Å². The Morgan fingerprint density at radius 2 is 1.07 bits per heavy atom. The minimum absolute atomic E-state index is 0.0655. The van der Waals surface area contributed by atoms with E-state index in [4.69, 9.17) is 24.1 Å². The molecule has 4 unspecified atom stereocenters. The van der Waals surface area contributed by atoms with Crippen molar-refractivity contribution in [2.45, 2.75) is 122 Å². The summed E-state index contributed by atoms with van der Waals surface area (Å²) in [4.78, 5) is 122. The van der Waals surface area contributed by atoms with Crippen LogP contribution < -0.4 is 31.9 Å². The van der Waals surface area contributed by atoms with Gasteiger partial charge in [-0.2, -0.15) is 0 Å². The number of aromatic nitrogens is 4. The molecule has 3 saturated heterocycles. The number of carbonyl (C=O) groups excluding carboxylic acids is 4. The standard InChI is InChI=1S/C19H19BrN2O4.C12H12Br2N2O3.C12H14N2O3.C9H9NO3.C6H4O4/c1-12-7-8-25-15-10-21-9-14(20)17(23)18(16(21)19(24)22(12)15)26-11-13-5-3-2-4-6-13;1-6-2-3-19-8-5-15-4-7(13)11(17)9(14)10(15)12(18)16(6)8;1-8-3-5-17-11-7-13-4-2-9(15)6-10(13)12(16)14(8)11;11-6-1-2-10-5-7(12)4-9(13)8(10)3-6;7-4-1-2-10-5(3-4)6(8)9/h2-6,9,12,15H,7-8,10-11H2,1H3;4,6,8H,2-3,5H2,1H3;2,4,6,8,11H,3,5,7H2,1H3;1-3,7,12H,4-5H2;1-3H,(H,8,9)/t12-,15?;6-,8?;8-,11?;;/m111../s1. The number of ether oxygens (including phenoxy) is 4. The molecule has 2 N–H and O–H groups in total. The molecule has 7 aliphatic heterocycles. The van der Waals surface area contributed by atoms with Crippen LogP contribution in [0.4, 0.5) is 0 Å². The van der Waals surface area contributed by atoms with Crippen LogP contribution in [0.3, 0.4) is 0 Å². The highest BCUT2D eigenvalue weighted by Gasteiger charge is 2.43. The van der Waals surface area contributed by atoms with Gasteiger partial charge in [-0.05, 0) is 93.4 Å². The zero-order chi connectivity index (χ0) is 61.0. The fraction of sp³-hybridized carbons (Fsp3) is 0.379. The minimum Gasteiger partial charge on any atom is -0.483 e. The number of hydrogen-bond acceptors (Lipinski definition) is 16. The molecule has 0 spiro atoms. The van der Waals surface area contributed by atoms with Crippen molar-refractivity contribution in [3.8, 4) is 5.75 Å². The van der Waals surface area contributed by atoms with Gasteiger partial charge in [0.1, 0.15) is 18.0 Å². The van der Waals surface area contributed by atoms with Crippen molar-refractivity contribution in [3.63, 3.8) is 0 Å². The number of hydrogen-bond donors (Lipinski definition) is 2. The van der Waals surface area contributed by atoms with Gasteiger partial charge < -0.3 is 66.5 Å². The van der Waals surface area contributed by atoms with Crippen LogP contribution >= 0.6 is 47.8 Å². The predicted molar refractivity (Wildman–Crippen MR) is 314 cm³/mol. The number of ketones is 1. The van der Waals surface area contributed by atoms with Gasteiger partial charge in [-0.25, -0.2) is 4.79 Å². The topological polar surface area (TPSA) is 291 Å². The highest BCUT2D eigenvalue weighted by atomic mass is 79.9. The number of rotatable bonds is 4. The number of Topliss-reactive ketones (excluding diaryl/α,β-unsaturated/α-hetero) is 1. The third-order valence-electron chi connectivity index (χ3n) is 14.9. The van der Waals surface area contributed by atoms with Gasteiger partial charge in [-0.15, -0.1) is 0 Å². The van der Waals surface area contributed by atoms with Crippen LogP contribution in [0.5, 0.6) is 5.75 Å². The van der Waals surface area contributed by atoms with Crippen LogP contribution in [-0.4, -0.2) is 135 Å². The van der Waals surface area contributed by atoms with Gasteiger partial charge in [0, 0.05) is 92.3 Å². The molecular formula is C58H58Br3N7O17. The van der Waals surface area contributed by atoms with E-state index in [0.29, 0.717) is 82.2 Å². The number of nitrogens with zero attached hydrogens (tertiary/aromatic N) is 7. The number of fused-ring (bicyclic) bond motifs is 7. The number of pyridine rings is 4. The van der Waals surface area contributed by atoms with E-state index in [1.54, 1.807) is 51.6 Å². The molecule has 1 aromatic carbocycles. The first-order chi connectivity index (χ1) is 40.6. The number of aliphatic hydroxyl groups is 1. The first-order valence-electron chi connectivity index (χ1n) is 27.0. The highest BCUT2D eigenvalue weighted by Crippen LogP contribution is 2.33. The lowest BCUT2D eigenvalue weighted by Gasteiger charge is -2.44. The molecule has 24 nitrogen and oxygen atoms in total. The summed E-state index contributed by atoms with van der Waals surface area (Å²) in [5.74, 6) is -2.14. The van der Waals surface area contributed by atoms with Crippen LogP contribution in [-0.2, 0) is 47.0 Å².